The molecular formula is C15H16N2O2S2. The maximum atomic E-state index is 12.2. The van der Waals surface area contributed by atoms with Crippen LogP contribution in [0.5, 0.6) is 0 Å². The number of aryl methyl sites for hydroxylation is 1. The van der Waals surface area contributed by atoms with E-state index in [1.807, 2.05) is 26.1 Å². The zero-order valence-corrected chi connectivity index (χ0v) is 13.5. The molecule has 0 aliphatic heterocycles. The Kier molecular flexibility index (Phi) is 5.51. The van der Waals surface area contributed by atoms with E-state index in [0.717, 1.165) is 14.8 Å². The van der Waals surface area contributed by atoms with Gasteiger partial charge in [0.1, 0.15) is 5.01 Å². The summed E-state index contributed by atoms with van der Waals surface area (Å²) in [5.41, 5.74) is 0. The van der Waals surface area contributed by atoms with Gasteiger partial charge in [-0.2, -0.15) is 0 Å². The average molecular weight is 320 g/mol. The molecule has 4 nitrogen and oxygen atoms in total. The first-order chi connectivity index (χ1) is 10.1. The fraction of sp³-hybridized carbons (Fsp3) is 0.333. The Labute approximate surface area is 131 Å². The second-order valence-corrected chi connectivity index (χ2v) is 6.79. The van der Waals surface area contributed by atoms with Crippen LogP contribution in [0.3, 0.4) is 0 Å². The molecule has 1 amide bonds. The number of nitrogens with zero attached hydrogens (tertiary/aromatic N) is 1. The third kappa shape index (κ3) is 4.39. The molecule has 1 atom stereocenters. The molecule has 6 heteroatoms. The predicted molar refractivity (Wildman–Crippen MR) is 85.6 cm³/mol. The average Bonchev–Trinajstić information content (AvgIpc) is 3.08. The smallest absolute Gasteiger partial charge is 0.261 e. The van der Waals surface area contributed by atoms with Crippen molar-refractivity contribution in [1.82, 2.24) is 10.3 Å². The summed E-state index contributed by atoms with van der Waals surface area (Å²) in [6.07, 6.45) is 2.25. The Morgan fingerprint density at radius 1 is 1.48 bits per heavy atom. The van der Waals surface area contributed by atoms with Crippen molar-refractivity contribution < 1.29 is 9.90 Å². The maximum absolute atomic E-state index is 12.2. The van der Waals surface area contributed by atoms with Crippen LogP contribution in [0.4, 0.5) is 0 Å². The van der Waals surface area contributed by atoms with E-state index >= 15 is 0 Å². The molecular weight excluding hydrogens is 304 g/mol. The number of amides is 1. The molecule has 2 N–H and O–H groups in total. The van der Waals surface area contributed by atoms with Gasteiger partial charge in [-0.25, -0.2) is 4.98 Å². The number of hydrogen-bond donors (Lipinski definition) is 2. The molecule has 0 aromatic carbocycles. The van der Waals surface area contributed by atoms with Crippen molar-refractivity contribution in [2.45, 2.75) is 26.3 Å². The van der Waals surface area contributed by atoms with E-state index in [4.69, 9.17) is 5.11 Å². The van der Waals surface area contributed by atoms with Crippen molar-refractivity contribution in [2.75, 3.05) is 6.61 Å². The van der Waals surface area contributed by atoms with E-state index in [-0.39, 0.29) is 18.6 Å². The van der Waals surface area contributed by atoms with E-state index in [1.165, 1.54) is 11.3 Å². The molecule has 2 heterocycles. The van der Waals surface area contributed by atoms with E-state index in [1.54, 1.807) is 17.4 Å². The van der Waals surface area contributed by atoms with Crippen molar-refractivity contribution in [3.63, 3.8) is 0 Å². The molecule has 0 saturated carbocycles. The van der Waals surface area contributed by atoms with Gasteiger partial charge in [-0.05, 0) is 26.0 Å². The minimum atomic E-state index is -0.115. The fourth-order valence-corrected chi connectivity index (χ4v) is 3.19. The minimum Gasteiger partial charge on any atom is -0.395 e. The lowest BCUT2D eigenvalue weighted by molar-refractivity contribution is 0.0944. The third-order valence-electron chi connectivity index (χ3n) is 2.64. The molecule has 0 aliphatic rings. The largest absolute Gasteiger partial charge is 0.395 e. The van der Waals surface area contributed by atoms with Gasteiger partial charge in [0.15, 0.2) is 0 Å². The monoisotopic (exact) mass is 320 g/mol. The summed E-state index contributed by atoms with van der Waals surface area (Å²) in [7, 11) is 0. The van der Waals surface area contributed by atoms with Crippen LogP contribution in [-0.4, -0.2) is 22.6 Å². The van der Waals surface area contributed by atoms with Gasteiger partial charge < -0.3 is 10.4 Å². The number of aliphatic hydroxyl groups is 1. The number of aromatic nitrogens is 1. The van der Waals surface area contributed by atoms with Crippen molar-refractivity contribution in [2.24, 2.45) is 0 Å². The Bertz CT molecular complexity index is 679. The van der Waals surface area contributed by atoms with Gasteiger partial charge in [0.25, 0.3) is 5.91 Å². The number of thiazole rings is 1. The van der Waals surface area contributed by atoms with Gasteiger partial charge in [0.2, 0.25) is 0 Å². The number of thiophene rings is 1. The first-order valence-electron chi connectivity index (χ1n) is 6.53. The highest BCUT2D eigenvalue weighted by Gasteiger charge is 2.15. The molecule has 0 fully saturated rings. The molecule has 2 rings (SSSR count). The number of rotatable bonds is 4. The highest BCUT2D eigenvalue weighted by Crippen LogP contribution is 2.21. The van der Waals surface area contributed by atoms with Crippen LogP contribution in [0.2, 0.25) is 0 Å². The summed E-state index contributed by atoms with van der Waals surface area (Å²) < 4.78 is 0. The van der Waals surface area contributed by atoms with Gasteiger partial charge in [0, 0.05) is 17.5 Å². The number of hydrogen-bond acceptors (Lipinski definition) is 5. The summed E-state index contributed by atoms with van der Waals surface area (Å²) in [5.74, 6) is 5.66. The Hall–Kier alpha value is -1.68. The molecule has 0 bridgehead atoms. The zero-order valence-electron chi connectivity index (χ0n) is 11.8. The molecule has 0 spiro atoms. The first kappa shape index (κ1) is 15.7. The number of carbonyl (C=O) groups excluding carboxylic acids is 1. The lowest BCUT2D eigenvalue weighted by Crippen LogP contribution is -2.25. The summed E-state index contributed by atoms with van der Waals surface area (Å²) in [6.45, 7) is 3.97. The molecule has 110 valence electrons. The van der Waals surface area contributed by atoms with Crippen LogP contribution in [-0.2, 0) is 0 Å². The van der Waals surface area contributed by atoms with E-state index < -0.39 is 0 Å². The minimum absolute atomic E-state index is 0.0520. The second-order valence-electron chi connectivity index (χ2n) is 4.44. The standard InChI is InChI=1S/C15H16N2O2S2/c1-10-9-16-15(20-10)11(2)17-14(19)13-7-6-12(21-13)5-3-4-8-18/h6-7,9,11,18H,4,8H2,1-2H3,(H,17,19). The van der Waals surface area contributed by atoms with Crippen LogP contribution in [0.15, 0.2) is 18.3 Å². The molecule has 0 aliphatic carbocycles. The molecule has 21 heavy (non-hydrogen) atoms. The van der Waals surface area contributed by atoms with Crippen molar-refractivity contribution in [3.05, 3.63) is 38.0 Å². The van der Waals surface area contributed by atoms with Gasteiger partial charge in [-0.3, -0.25) is 4.79 Å². The Morgan fingerprint density at radius 3 is 2.95 bits per heavy atom. The van der Waals surface area contributed by atoms with Gasteiger partial charge in [-0.1, -0.05) is 11.8 Å². The van der Waals surface area contributed by atoms with E-state index in [9.17, 15) is 4.79 Å². The van der Waals surface area contributed by atoms with E-state index in [2.05, 4.69) is 22.1 Å². The number of aliphatic hydroxyl groups excluding tert-OH is 1. The van der Waals surface area contributed by atoms with Gasteiger partial charge in [0.05, 0.1) is 22.4 Å². The van der Waals surface area contributed by atoms with Crippen LogP contribution in [0.1, 0.15) is 43.8 Å². The second kappa shape index (κ2) is 7.36. The first-order valence-corrected chi connectivity index (χ1v) is 8.16. The lowest BCUT2D eigenvalue weighted by Gasteiger charge is -2.09. The maximum Gasteiger partial charge on any atom is 0.261 e. The van der Waals surface area contributed by atoms with E-state index in [0.29, 0.717) is 11.3 Å². The zero-order chi connectivity index (χ0) is 15.2. The number of carbonyl (C=O) groups is 1. The molecule has 2 aromatic rings. The van der Waals surface area contributed by atoms with Crippen LogP contribution in [0.25, 0.3) is 0 Å². The highest BCUT2D eigenvalue weighted by atomic mass is 32.1. The fourth-order valence-electron chi connectivity index (χ4n) is 1.63. The number of nitrogens with one attached hydrogen (secondary N) is 1. The van der Waals surface area contributed by atoms with Crippen molar-refractivity contribution in [3.8, 4) is 11.8 Å². The van der Waals surface area contributed by atoms with Crippen LogP contribution < -0.4 is 5.32 Å². The van der Waals surface area contributed by atoms with Crippen LogP contribution in [0, 0.1) is 18.8 Å². The van der Waals surface area contributed by atoms with Gasteiger partial charge in [-0.15, -0.1) is 22.7 Å². The Balaban J connectivity index is 1.99. The molecule has 0 saturated heterocycles. The van der Waals surface area contributed by atoms with Crippen molar-refractivity contribution >= 4 is 28.6 Å². The highest BCUT2D eigenvalue weighted by molar-refractivity contribution is 7.14. The summed E-state index contributed by atoms with van der Waals surface area (Å²) in [4.78, 5) is 19.0. The summed E-state index contributed by atoms with van der Waals surface area (Å²) >= 11 is 2.93. The quantitative estimate of drug-likeness (QED) is 0.852. The van der Waals surface area contributed by atoms with Crippen molar-refractivity contribution in [1.29, 1.82) is 0 Å². The predicted octanol–water partition coefficient (Wildman–Crippen LogP) is 2.74. The summed E-state index contributed by atoms with van der Waals surface area (Å²) in [5, 5.41) is 12.5. The molecule has 1 unspecified atom stereocenters. The summed E-state index contributed by atoms with van der Waals surface area (Å²) in [6, 6.07) is 3.48. The normalized spacial score (nSPS) is 11.6. The molecule has 2 aromatic heterocycles. The Morgan fingerprint density at radius 2 is 2.29 bits per heavy atom. The topological polar surface area (TPSA) is 62.2 Å². The van der Waals surface area contributed by atoms with Crippen LogP contribution >= 0.6 is 22.7 Å². The third-order valence-corrected chi connectivity index (χ3v) is 4.73. The molecule has 0 radical (unpaired) electrons. The van der Waals surface area contributed by atoms with Gasteiger partial charge >= 0.3 is 0 Å². The SMILES string of the molecule is Cc1cnc(C(C)NC(=O)c2ccc(C#CCCO)s2)s1. The lowest BCUT2D eigenvalue weighted by atomic mass is 10.3.